The fraction of sp³-hybridized carbons (Fsp3) is 0.0625. The van der Waals surface area contributed by atoms with Crippen LogP contribution < -0.4 is 0 Å². The lowest BCUT2D eigenvalue weighted by molar-refractivity contribution is -0.121. The first-order valence-corrected chi connectivity index (χ1v) is 7.83. The fourth-order valence-electron chi connectivity index (χ4n) is 2.07. The summed E-state index contributed by atoms with van der Waals surface area (Å²) in [4.78, 5) is 24.9. The molecular formula is C16H11NO4S2. The number of hydrogen-bond acceptors (Lipinski definition) is 5. The number of nitrogens with zero attached hydrogens (tertiary/aromatic N) is 1. The Bertz CT molecular complexity index is 853. The maximum Gasteiger partial charge on any atom is 0.335 e. The minimum atomic E-state index is -0.995. The molecule has 0 unspecified atom stereocenters. The van der Waals surface area contributed by atoms with Gasteiger partial charge in [-0.2, -0.15) is 0 Å². The van der Waals surface area contributed by atoms with Crippen LogP contribution >= 0.6 is 24.0 Å². The summed E-state index contributed by atoms with van der Waals surface area (Å²) in [7, 11) is 1.63. The summed E-state index contributed by atoms with van der Waals surface area (Å²) in [6, 6.07) is 9.94. The Hall–Kier alpha value is -2.38. The topological polar surface area (TPSA) is 70.8 Å². The van der Waals surface area contributed by atoms with Gasteiger partial charge < -0.3 is 9.52 Å². The van der Waals surface area contributed by atoms with Crippen molar-refractivity contribution in [3.63, 3.8) is 0 Å². The molecule has 1 aliphatic heterocycles. The van der Waals surface area contributed by atoms with Gasteiger partial charge in [0.25, 0.3) is 5.91 Å². The van der Waals surface area contributed by atoms with Crippen molar-refractivity contribution in [3.05, 3.63) is 52.6 Å². The number of amides is 1. The molecule has 23 heavy (non-hydrogen) atoms. The van der Waals surface area contributed by atoms with E-state index in [4.69, 9.17) is 21.7 Å². The monoisotopic (exact) mass is 345 g/mol. The smallest absolute Gasteiger partial charge is 0.335 e. The molecule has 5 nitrogen and oxygen atoms in total. The van der Waals surface area contributed by atoms with Crippen molar-refractivity contribution in [2.75, 3.05) is 7.05 Å². The molecule has 7 heteroatoms. The third kappa shape index (κ3) is 3.06. The molecule has 1 aromatic heterocycles. The maximum atomic E-state index is 12.0. The normalized spacial score (nSPS) is 16.4. The Morgan fingerprint density at radius 2 is 2.13 bits per heavy atom. The molecule has 1 fully saturated rings. The zero-order chi connectivity index (χ0) is 16.6. The molecule has 2 heterocycles. The van der Waals surface area contributed by atoms with E-state index in [0.717, 1.165) is 0 Å². The summed E-state index contributed by atoms with van der Waals surface area (Å²) in [6.45, 7) is 0. The van der Waals surface area contributed by atoms with Crippen LogP contribution in [0.15, 0.2) is 45.7 Å². The van der Waals surface area contributed by atoms with Crippen molar-refractivity contribution >= 4 is 46.3 Å². The van der Waals surface area contributed by atoms with Gasteiger partial charge in [-0.05, 0) is 24.3 Å². The van der Waals surface area contributed by atoms with E-state index in [0.29, 0.717) is 26.3 Å². The number of carbonyl (C=O) groups is 2. The molecular weight excluding hydrogens is 334 g/mol. The number of aromatic carboxylic acids is 1. The Balaban J connectivity index is 1.90. The third-order valence-electron chi connectivity index (χ3n) is 3.28. The van der Waals surface area contributed by atoms with E-state index < -0.39 is 5.97 Å². The van der Waals surface area contributed by atoms with Crippen LogP contribution in [0.3, 0.4) is 0 Å². The second-order valence-corrected chi connectivity index (χ2v) is 6.50. The molecule has 1 aliphatic rings. The Kier molecular flexibility index (Phi) is 4.06. The highest BCUT2D eigenvalue weighted by Crippen LogP contribution is 2.32. The zero-order valence-corrected chi connectivity index (χ0v) is 13.6. The van der Waals surface area contributed by atoms with E-state index in [1.165, 1.54) is 28.8 Å². The lowest BCUT2D eigenvalue weighted by atomic mass is 10.1. The van der Waals surface area contributed by atoms with E-state index >= 15 is 0 Å². The third-order valence-corrected chi connectivity index (χ3v) is 4.77. The van der Waals surface area contributed by atoms with Gasteiger partial charge >= 0.3 is 5.97 Å². The fourth-order valence-corrected chi connectivity index (χ4v) is 3.23. The largest absolute Gasteiger partial charge is 0.478 e. The summed E-state index contributed by atoms with van der Waals surface area (Å²) < 4.78 is 6.19. The quantitative estimate of drug-likeness (QED) is 0.678. The van der Waals surface area contributed by atoms with Gasteiger partial charge in [0.05, 0.1) is 10.5 Å². The van der Waals surface area contributed by atoms with Crippen LogP contribution in [0.4, 0.5) is 0 Å². The zero-order valence-electron chi connectivity index (χ0n) is 12.0. The molecule has 0 aliphatic carbocycles. The van der Waals surface area contributed by atoms with Gasteiger partial charge in [-0.3, -0.25) is 9.69 Å². The number of carboxylic acids is 1. The molecule has 116 valence electrons. The van der Waals surface area contributed by atoms with Crippen LogP contribution in [0.1, 0.15) is 16.1 Å². The van der Waals surface area contributed by atoms with Gasteiger partial charge in [0.15, 0.2) is 0 Å². The van der Waals surface area contributed by atoms with Crippen LogP contribution in [-0.4, -0.2) is 33.3 Å². The highest BCUT2D eigenvalue weighted by Gasteiger charge is 2.29. The van der Waals surface area contributed by atoms with Crippen LogP contribution in [-0.2, 0) is 4.79 Å². The average Bonchev–Trinajstić information content (AvgIpc) is 3.09. The van der Waals surface area contributed by atoms with Gasteiger partial charge in [0.2, 0.25) is 0 Å². The SMILES string of the molecule is CN1C(=O)C(=Cc2ccc(-c3cccc(C(=O)O)c3)o2)SC1=S. The van der Waals surface area contributed by atoms with Gasteiger partial charge in [0.1, 0.15) is 15.8 Å². The van der Waals surface area contributed by atoms with E-state index in [1.807, 2.05) is 0 Å². The van der Waals surface area contributed by atoms with E-state index in [1.54, 1.807) is 37.4 Å². The summed E-state index contributed by atoms with van der Waals surface area (Å²) >= 11 is 6.29. The van der Waals surface area contributed by atoms with Crippen molar-refractivity contribution in [1.29, 1.82) is 0 Å². The molecule has 3 rings (SSSR count). The number of thioether (sulfide) groups is 1. The predicted octanol–water partition coefficient (Wildman–Crippen LogP) is 3.48. The summed E-state index contributed by atoms with van der Waals surface area (Å²) in [6.07, 6.45) is 1.63. The number of hydrogen-bond donors (Lipinski definition) is 1. The molecule has 1 aromatic carbocycles. The van der Waals surface area contributed by atoms with Crippen LogP contribution in [0, 0.1) is 0 Å². The minimum Gasteiger partial charge on any atom is -0.478 e. The standard InChI is InChI=1S/C16H11NO4S2/c1-17-14(18)13(23-16(17)22)8-11-5-6-12(21-11)9-3-2-4-10(7-9)15(19)20/h2-8H,1H3,(H,19,20). The van der Waals surface area contributed by atoms with E-state index in [2.05, 4.69) is 0 Å². The maximum absolute atomic E-state index is 12.0. The molecule has 1 saturated heterocycles. The van der Waals surface area contributed by atoms with Gasteiger partial charge in [-0.15, -0.1) is 0 Å². The molecule has 2 aromatic rings. The predicted molar refractivity (Wildman–Crippen MR) is 92.0 cm³/mol. The van der Waals surface area contributed by atoms with Gasteiger partial charge in [0, 0.05) is 18.7 Å². The summed E-state index contributed by atoms with van der Waals surface area (Å²) in [5.74, 6) is -0.114. The average molecular weight is 345 g/mol. The number of thiocarbonyl (C=S) groups is 1. The van der Waals surface area contributed by atoms with Crippen molar-refractivity contribution < 1.29 is 19.1 Å². The molecule has 0 radical (unpaired) electrons. The second kappa shape index (κ2) is 6.02. The number of benzene rings is 1. The first-order valence-electron chi connectivity index (χ1n) is 6.61. The molecule has 0 bridgehead atoms. The summed E-state index contributed by atoms with van der Waals surface area (Å²) in [5.41, 5.74) is 0.847. The molecule has 1 amide bonds. The van der Waals surface area contributed by atoms with Gasteiger partial charge in [-0.25, -0.2) is 4.79 Å². The molecule has 0 atom stereocenters. The number of carbonyl (C=O) groups excluding carboxylic acids is 1. The second-order valence-electron chi connectivity index (χ2n) is 4.83. The number of likely N-dealkylation sites (N-methyl/N-ethyl adjacent to an activating group) is 1. The highest BCUT2D eigenvalue weighted by molar-refractivity contribution is 8.26. The van der Waals surface area contributed by atoms with Crippen molar-refractivity contribution in [2.45, 2.75) is 0 Å². The van der Waals surface area contributed by atoms with Crippen molar-refractivity contribution in [3.8, 4) is 11.3 Å². The molecule has 0 saturated carbocycles. The van der Waals surface area contributed by atoms with Crippen molar-refractivity contribution in [2.24, 2.45) is 0 Å². The minimum absolute atomic E-state index is 0.161. The number of carboxylic acid groups (broad SMARTS) is 1. The van der Waals surface area contributed by atoms with Gasteiger partial charge in [-0.1, -0.05) is 36.1 Å². The van der Waals surface area contributed by atoms with Crippen LogP contribution in [0.2, 0.25) is 0 Å². The lowest BCUT2D eigenvalue weighted by Crippen LogP contribution is -2.22. The Labute approximate surface area is 141 Å². The van der Waals surface area contributed by atoms with Crippen molar-refractivity contribution in [1.82, 2.24) is 4.90 Å². The number of furan rings is 1. The van der Waals surface area contributed by atoms with E-state index in [9.17, 15) is 9.59 Å². The number of rotatable bonds is 3. The first kappa shape index (κ1) is 15.5. The van der Waals surface area contributed by atoms with Crippen LogP contribution in [0.5, 0.6) is 0 Å². The summed E-state index contributed by atoms with van der Waals surface area (Å²) in [5, 5.41) is 9.03. The Morgan fingerprint density at radius 1 is 1.35 bits per heavy atom. The first-order chi connectivity index (χ1) is 11.0. The lowest BCUT2D eigenvalue weighted by Gasteiger charge is -2.03. The Morgan fingerprint density at radius 3 is 2.78 bits per heavy atom. The molecule has 1 N–H and O–H groups in total. The van der Waals surface area contributed by atoms with E-state index in [-0.39, 0.29) is 11.5 Å². The van der Waals surface area contributed by atoms with Crippen LogP contribution in [0.25, 0.3) is 17.4 Å². The highest BCUT2D eigenvalue weighted by atomic mass is 32.2. The molecule has 0 spiro atoms.